The standard InChI is InChI=1S/C15H20ClNO2/c1-2-6-17-13-9-15(5-7-18-10-15)19-14-4-3-11(16)8-12(13)14/h3-4,8,13,17H,2,5-7,9-10H2,1H3. The van der Waals surface area contributed by atoms with Gasteiger partial charge in [0.25, 0.3) is 0 Å². The molecular weight excluding hydrogens is 262 g/mol. The van der Waals surface area contributed by atoms with Crippen LogP contribution in [0.1, 0.15) is 37.8 Å². The Morgan fingerprint density at radius 2 is 2.37 bits per heavy atom. The molecule has 1 N–H and O–H groups in total. The van der Waals surface area contributed by atoms with Gasteiger partial charge in [-0.2, -0.15) is 0 Å². The molecule has 2 aliphatic heterocycles. The second-order valence-corrected chi connectivity index (χ2v) is 5.92. The van der Waals surface area contributed by atoms with E-state index in [2.05, 4.69) is 12.2 Å². The Morgan fingerprint density at radius 3 is 3.11 bits per heavy atom. The lowest BCUT2D eigenvalue weighted by Crippen LogP contribution is -2.44. The lowest BCUT2D eigenvalue weighted by Gasteiger charge is -2.39. The molecule has 3 nitrogen and oxygen atoms in total. The molecule has 2 atom stereocenters. The van der Waals surface area contributed by atoms with Crippen LogP contribution in [-0.4, -0.2) is 25.4 Å². The van der Waals surface area contributed by atoms with E-state index in [0.29, 0.717) is 12.6 Å². The second-order valence-electron chi connectivity index (χ2n) is 5.48. The zero-order valence-corrected chi connectivity index (χ0v) is 12.0. The van der Waals surface area contributed by atoms with Crippen LogP contribution in [-0.2, 0) is 4.74 Å². The fourth-order valence-corrected chi connectivity index (χ4v) is 3.15. The molecule has 1 saturated heterocycles. The largest absolute Gasteiger partial charge is 0.484 e. The van der Waals surface area contributed by atoms with Gasteiger partial charge in [0.1, 0.15) is 11.4 Å². The molecule has 0 saturated carbocycles. The van der Waals surface area contributed by atoms with Crippen LogP contribution in [0.3, 0.4) is 0 Å². The van der Waals surface area contributed by atoms with Gasteiger partial charge in [-0.05, 0) is 31.2 Å². The highest BCUT2D eigenvalue weighted by molar-refractivity contribution is 6.30. The zero-order valence-electron chi connectivity index (χ0n) is 11.2. The maximum atomic E-state index is 6.22. The first-order valence-corrected chi connectivity index (χ1v) is 7.40. The summed E-state index contributed by atoms with van der Waals surface area (Å²) < 4.78 is 11.8. The van der Waals surface area contributed by atoms with Gasteiger partial charge in [0.15, 0.2) is 0 Å². The molecule has 2 aliphatic rings. The topological polar surface area (TPSA) is 30.5 Å². The number of ether oxygens (including phenoxy) is 2. The van der Waals surface area contributed by atoms with Crippen LogP contribution in [0.25, 0.3) is 0 Å². The van der Waals surface area contributed by atoms with Crippen LogP contribution >= 0.6 is 11.6 Å². The Kier molecular flexibility index (Phi) is 3.70. The van der Waals surface area contributed by atoms with Crippen molar-refractivity contribution in [3.8, 4) is 5.75 Å². The third kappa shape index (κ3) is 2.60. The first-order chi connectivity index (χ1) is 9.22. The lowest BCUT2D eigenvalue weighted by molar-refractivity contribution is 0.0189. The van der Waals surface area contributed by atoms with Crippen molar-refractivity contribution in [2.75, 3.05) is 19.8 Å². The smallest absolute Gasteiger partial charge is 0.136 e. The molecule has 1 aromatic rings. The Hall–Kier alpha value is -0.770. The van der Waals surface area contributed by atoms with E-state index in [1.807, 2.05) is 18.2 Å². The predicted molar refractivity (Wildman–Crippen MR) is 75.9 cm³/mol. The number of rotatable bonds is 3. The van der Waals surface area contributed by atoms with E-state index in [-0.39, 0.29) is 5.60 Å². The van der Waals surface area contributed by atoms with Crippen LogP contribution in [0.5, 0.6) is 5.75 Å². The van der Waals surface area contributed by atoms with Gasteiger partial charge >= 0.3 is 0 Å². The summed E-state index contributed by atoms with van der Waals surface area (Å²) in [7, 11) is 0. The van der Waals surface area contributed by atoms with Crippen molar-refractivity contribution in [2.45, 2.75) is 37.8 Å². The average Bonchev–Trinajstić information content (AvgIpc) is 2.85. The molecule has 3 rings (SSSR count). The number of hydrogen-bond acceptors (Lipinski definition) is 3. The van der Waals surface area contributed by atoms with Crippen LogP contribution in [0, 0.1) is 0 Å². The maximum absolute atomic E-state index is 6.22. The monoisotopic (exact) mass is 281 g/mol. The first kappa shape index (κ1) is 13.2. The summed E-state index contributed by atoms with van der Waals surface area (Å²) >= 11 is 6.12. The molecular formula is C15H20ClNO2. The van der Waals surface area contributed by atoms with Gasteiger partial charge < -0.3 is 14.8 Å². The minimum absolute atomic E-state index is 0.147. The van der Waals surface area contributed by atoms with Crippen molar-refractivity contribution in [1.82, 2.24) is 5.32 Å². The molecule has 0 bridgehead atoms. The molecule has 0 amide bonds. The van der Waals surface area contributed by atoms with Crippen molar-refractivity contribution in [3.05, 3.63) is 28.8 Å². The van der Waals surface area contributed by atoms with Crippen molar-refractivity contribution in [1.29, 1.82) is 0 Å². The van der Waals surface area contributed by atoms with Gasteiger partial charge in [-0.25, -0.2) is 0 Å². The number of fused-ring (bicyclic) bond motifs is 1. The molecule has 2 heterocycles. The van der Waals surface area contributed by atoms with Gasteiger partial charge in [0.05, 0.1) is 13.2 Å². The minimum atomic E-state index is -0.147. The Balaban J connectivity index is 1.91. The normalized spacial score (nSPS) is 29.3. The third-order valence-corrected chi connectivity index (χ3v) is 4.19. The molecule has 0 aromatic heterocycles. The van der Waals surface area contributed by atoms with E-state index >= 15 is 0 Å². The first-order valence-electron chi connectivity index (χ1n) is 7.02. The van der Waals surface area contributed by atoms with Gasteiger partial charge in [0.2, 0.25) is 0 Å². The third-order valence-electron chi connectivity index (χ3n) is 3.96. The summed E-state index contributed by atoms with van der Waals surface area (Å²) in [6, 6.07) is 6.21. The summed E-state index contributed by atoms with van der Waals surface area (Å²) in [5, 5.41) is 4.38. The summed E-state index contributed by atoms with van der Waals surface area (Å²) in [5.74, 6) is 0.953. The molecule has 1 aromatic carbocycles. The molecule has 104 valence electrons. The average molecular weight is 282 g/mol. The zero-order chi connectivity index (χ0) is 13.3. The Bertz CT molecular complexity index is 457. The highest BCUT2D eigenvalue weighted by Crippen LogP contribution is 2.43. The molecule has 4 heteroatoms. The molecule has 1 fully saturated rings. The van der Waals surface area contributed by atoms with Gasteiger partial charge in [0, 0.05) is 29.5 Å². The quantitative estimate of drug-likeness (QED) is 0.922. The lowest BCUT2D eigenvalue weighted by atomic mass is 9.86. The van der Waals surface area contributed by atoms with Crippen molar-refractivity contribution in [3.63, 3.8) is 0 Å². The molecule has 0 aliphatic carbocycles. The Morgan fingerprint density at radius 1 is 1.47 bits per heavy atom. The van der Waals surface area contributed by atoms with E-state index < -0.39 is 0 Å². The molecule has 0 radical (unpaired) electrons. The number of benzene rings is 1. The number of halogens is 1. The van der Waals surface area contributed by atoms with Crippen molar-refractivity contribution in [2.24, 2.45) is 0 Å². The second kappa shape index (κ2) is 5.31. The summed E-state index contributed by atoms with van der Waals surface area (Å²) in [5.41, 5.74) is 1.03. The summed E-state index contributed by atoms with van der Waals surface area (Å²) in [6.07, 6.45) is 3.05. The van der Waals surface area contributed by atoms with Gasteiger partial charge in [-0.3, -0.25) is 0 Å². The molecule has 19 heavy (non-hydrogen) atoms. The van der Waals surface area contributed by atoms with Crippen LogP contribution in [0.15, 0.2) is 18.2 Å². The van der Waals surface area contributed by atoms with Crippen LogP contribution < -0.4 is 10.1 Å². The fourth-order valence-electron chi connectivity index (χ4n) is 2.97. The van der Waals surface area contributed by atoms with Crippen LogP contribution in [0.2, 0.25) is 5.02 Å². The van der Waals surface area contributed by atoms with Crippen molar-refractivity contribution >= 4 is 11.6 Å². The van der Waals surface area contributed by atoms with E-state index in [1.54, 1.807) is 0 Å². The SMILES string of the molecule is CCCNC1CC2(CCOC2)Oc2ccc(Cl)cc21. The van der Waals surface area contributed by atoms with Crippen LogP contribution in [0.4, 0.5) is 0 Å². The summed E-state index contributed by atoms with van der Waals surface area (Å²) in [4.78, 5) is 0. The van der Waals surface area contributed by atoms with E-state index in [1.165, 1.54) is 5.56 Å². The van der Waals surface area contributed by atoms with Crippen molar-refractivity contribution < 1.29 is 9.47 Å². The number of nitrogens with one attached hydrogen (secondary N) is 1. The highest BCUT2D eigenvalue weighted by Gasteiger charge is 2.43. The predicted octanol–water partition coefficient (Wildman–Crippen LogP) is 3.32. The van der Waals surface area contributed by atoms with Gasteiger partial charge in [-0.1, -0.05) is 18.5 Å². The summed E-state index contributed by atoms with van der Waals surface area (Å²) in [6.45, 7) is 4.68. The Labute approximate surface area is 119 Å². The molecule has 1 spiro atoms. The highest BCUT2D eigenvalue weighted by atomic mass is 35.5. The maximum Gasteiger partial charge on any atom is 0.136 e. The van der Waals surface area contributed by atoms with E-state index in [9.17, 15) is 0 Å². The van der Waals surface area contributed by atoms with E-state index in [0.717, 1.165) is 43.2 Å². The number of hydrogen-bond donors (Lipinski definition) is 1. The molecule has 2 unspecified atom stereocenters. The van der Waals surface area contributed by atoms with Gasteiger partial charge in [-0.15, -0.1) is 0 Å². The fraction of sp³-hybridized carbons (Fsp3) is 0.600. The minimum Gasteiger partial charge on any atom is -0.484 e. The van der Waals surface area contributed by atoms with E-state index in [4.69, 9.17) is 21.1 Å².